The van der Waals surface area contributed by atoms with Gasteiger partial charge in [-0.3, -0.25) is 0 Å². The quantitative estimate of drug-likeness (QED) is 0.643. The van der Waals surface area contributed by atoms with Gasteiger partial charge in [0, 0.05) is 12.5 Å². The van der Waals surface area contributed by atoms with Gasteiger partial charge >= 0.3 is 0 Å². The molecule has 2 atom stereocenters. The van der Waals surface area contributed by atoms with Crippen molar-refractivity contribution in [2.24, 2.45) is 5.92 Å². The van der Waals surface area contributed by atoms with Crippen LogP contribution in [0.1, 0.15) is 29.2 Å². The van der Waals surface area contributed by atoms with Gasteiger partial charge in [0.1, 0.15) is 0 Å². The first kappa shape index (κ1) is 18.1. The molecule has 0 amide bonds. The third kappa shape index (κ3) is 4.69. The van der Waals surface area contributed by atoms with Crippen molar-refractivity contribution in [2.45, 2.75) is 12.5 Å². The van der Waals surface area contributed by atoms with Gasteiger partial charge in [-0.25, -0.2) is 0 Å². The molecule has 0 saturated carbocycles. The van der Waals surface area contributed by atoms with E-state index in [1.54, 1.807) is 0 Å². The third-order valence-corrected chi connectivity index (χ3v) is 4.52. The Morgan fingerprint density at radius 2 is 1.19 bits per heavy atom. The number of hydrogen-bond donors (Lipinski definition) is 2. The molecule has 0 bridgehead atoms. The molecule has 0 heterocycles. The second-order valence-electron chi connectivity index (χ2n) is 6.42. The minimum atomic E-state index is -0.600. The van der Waals surface area contributed by atoms with Crippen LogP contribution in [0.4, 0.5) is 0 Å². The molecule has 0 aliphatic rings. The number of aliphatic hydroxyl groups excluding tert-OH is 2. The van der Waals surface area contributed by atoms with E-state index >= 15 is 0 Å². The molecule has 0 spiro atoms. The van der Waals surface area contributed by atoms with Crippen molar-refractivity contribution in [3.63, 3.8) is 0 Å². The molecule has 3 aromatic rings. The molecular formula is C24H24O2. The summed E-state index contributed by atoms with van der Waals surface area (Å²) in [5.74, 6) is -0.138. The van der Waals surface area contributed by atoms with Gasteiger partial charge in [0.2, 0.25) is 0 Å². The highest BCUT2D eigenvalue weighted by molar-refractivity contribution is 5.79. The van der Waals surface area contributed by atoms with E-state index in [0.29, 0.717) is 6.42 Å². The van der Waals surface area contributed by atoms with E-state index in [1.807, 2.05) is 66.7 Å². The van der Waals surface area contributed by atoms with Gasteiger partial charge in [-0.05, 0) is 28.7 Å². The number of aliphatic hydroxyl groups is 2. The molecule has 132 valence electrons. The summed E-state index contributed by atoms with van der Waals surface area (Å²) >= 11 is 0. The Kier molecular flexibility index (Phi) is 6.37. The molecular weight excluding hydrogens is 320 g/mol. The zero-order valence-corrected chi connectivity index (χ0v) is 14.7. The molecule has 3 rings (SSSR count). The minimum absolute atomic E-state index is 0.00688. The first-order valence-electron chi connectivity index (χ1n) is 8.94. The zero-order valence-electron chi connectivity index (χ0n) is 14.7. The Balaban J connectivity index is 1.90. The summed E-state index contributed by atoms with van der Waals surface area (Å²) < 4.78 is 0. The first-order valence-corrected chi connectivity index (χ1v) is 8.94. The summed E-state index contributed by atoms with van der Waals surface area (Å²) in [7, 11) is 0. The van der Waals surface area contributed by atoms with Crippen molar-refractivity contribution < 1.29 is 10.2 Å². The van der Waals surface area contributed by atoms with Gasteiger partial charge in [0.05, 0.1) is 6.10 Å². The van der Waals surface area contributed by atoms with Crippen LogP contribution in [0.5, 0.6) is 0 Å². The van der Waals surface area contributed by atoms with Crippen molar-refractivity contribution >= 4 is 5.57 Å². The summed E-state index contributed by atoms with van der Waals surface area (Å²) in [6.07, 6.45) is 1.96. The predicted molar refractivity (Wildman–Crippen MR) is 107 cm³/mol. The monoisotopic (exact) mass is 344 g/mol. The summed E-state index contributed by atoms with van der Waals surface area (Å²) in [6.45, 7) is -0.00688. The zero-order chi connectivity index (χ0) is 18.2. The van der Waals surface area contributed by atoms with E-state index in [-0.39, 0.29) is 12.5 Å². The maximum atomic E-state index is 10.5. The van der Waals surface area contributed by atoms with E-state index < -0.39 is 6.10 Å². The Labute approximate surface area is 155 Å². The van der Waals surface area contributed by atoms with Crippen LogP contribution in [0, 0.1) is 5.92 Å². The largest absolute Gasteiger partial charge is 0.396 e. The smallest absolute Gasteiger partial charge is 0.0796 e. The van der Waals surface area contributed by atoms with E-state index in [9.17, 15) is 10.2 Å². The average molecular weight is 344 g/mol. The SMILES string of the molecule is OC[C@@H](C=C(c1ccccc1)c1ccccc1)CC(O)c1ccccc1. The van der Waals surface area contributed by atoms with Crippen LogP contribution in [0.25, 0.3) is 5.57 Å². The average Bonchev–Trinajstić information content (AvgIpc) is 2.73. The van der Waals surface area contributed by atoms with Gasteiger partial charge in [-0.15, -0.1) is 0 Å². The molecule has 1 unspecified atom stereocenters. The van der Waals surface area contributed by atoms with Gasteiger partial charge < -0.3 is 10.2 Å². The Bertz CT molecular complexity index is 769. The maximum absolute atomic E-state index is 10.5. The fraction of sp³-hybridized carbons (Fsp3) is 0.167. The van der Waals surface area contributed by atoms with E-state index in [0.717, 1.165) is 22.3 Å². The normalized spacial score (nSPS) is 13.0. The summed E-state index contributed by atoms with van der Waals surface area (Å²) in [6, 6.07) is 29.9. The predicted octanol–water partition coefficient (Wildman–Crippen LogP) is 4.85. The maximum Gasteiger partial charge on any atom is 0.0796 e. The highest BCUT2D eigenvalue weighted by atomic mass is 16.3. The van der Waals surface area contributed by atoms with Crippen LogP contribution in [0.3, 0.4) is 0 Å². The Morgan fingerprint density at radius 1 is 0.731 bits per heavy atom. The summed E-state index contributed by atoms with van der Waals surface area (Å²) in [5.41, 5.74) is 4.16. The molecule has 26 heavy (non-hydrogen) atoms. The number of benzene rings is 3. The molecule has 2 nitrogen and oxygen atoms in total. The molecule has 2 heteroatoms. The second-order valence-corrected chi connectivity index (χ2v) is 6.42. The minimum Gasteiger partial charge on any atom is -0.396 e. The van der Waals surface area contributed by atoms with E-state index in [4.69, 9.17) is 0 Å². The fourth-order valence-electron chi connectivity index (χ4n) is 3.12. The lowest BCUT2D eigenvalue weighted by molar-refractivity contribution is 0.131. The van der Waals surface area contributed by atoms with Crippen molar-refractivity contribution in [3.05, 3.63) is 114 Å². The van der Waals surface area contributed by atoms with Crippen LogP contribution in [0.15, 0.2) is 97.1 Å². The highest BCUT2D eigenvalue weighted by Gasteiger charge is 2.15. The van der Waals surface area contributed by atoms with E-state index in [1.165, 1.54) is 0 Å². The fourth-order valence-corrected chi connectivity index (χ4v) is 3.12. The molecule has 0 fully saturated rings. The lowest BCUT2D eigenvalue weighted by Gasteiger charge is -2.18. The Morgan fingerprint density at radius 3 is 1.65 bits per heavy atom. The van der Waals surface area contributed by atoms with Crippen LogP contribution < -0.4 is 0 Å². The van der Waals surface area contributed by atoms with Gasteiger partial charge in [0.15, 0.2) is 0 Å². The summed E-state index contributed by atoms with van der Waals surface area (Å²) in [4.78, 5) is 0. The lowest BCUT2D eigenvalue weighted by atomic mass is 9.90. The molecule has 0 saturated heterocycles. The molecule has 0 aromatic heterocycles. The number of rotatable bonds is 7. The van der Waals surface area contributed by atoms with E-state index in [2.05, 4.69) is 30.3 Å². The topological polar surface area (TPSA) is 40.5 Å². The molecule has 0 radical (unpaired) electrons. The van der Waals surface area contributed by atoms with Gasteiger partial charge in [-0.1, -0.05) is 97.1 Å². The third-order valence-electron chi connectivity index (χ3n) is 4.52. The molecule has 0 aliphatic heterocycles. The molecule has 3 aromatic carbocycles. The number of hydrogen-bond acceptors (Lipinski definition) is 2. The van der Waals surface area contributed by atoms with Crippen molar-refractivity contribution in [1.29, 1.82) is 0 Å². The van der Waals surface area contributed by atoms with Crippen molar-refractivity contribution in [1.82, 2.24) is 0 Å². The first-order chi connectivity index (χ1) is 12.8. The van der Waals surface area contributed by atoms with Gasteiger partial charge in [-0.2, -0.15) is 0 Å². The van der Waals surface area contributed by atoms with Crippen molar-refractivity contribution in [3.8, 4) is 0 Å². The highest BCUT2D eigenvalue weighted by Crippen LogP contribution is 2.28. The lowest BCUT2D eigenvalue weighted by Crippen LogP contribution is -2.10. The second kappa shape index (κ2) is 9.14. The van der Waals surface area contributed by atoms with Crippen LogP contribution in [-0.4, -0.2) is 16.8 Å². The molecule has 0 aliphatic carbocycles. The standard InChI is InChI=1S/C24H24O2/c25-18-19(17-24(26)22-14-8-3-9-15-22)16-23(20-10-4-1-5-11-20)21-12-6-2-7-13-21/h1-16,19,24-26H,17-18H2/t19-,24?/m0/s1. The van der Waals surface area contributed by atoms with Crippen LogP contribution in [0.2, 0.25) is 0 Å². The molecule has 2 N–H and O–H groups in total. The van der Waals surface area contributed by atoms with Gasteiger partial charge in [0.25, 0.3) is 0 Å². The Hall–Kier alpha value is -2.68. The van der Waals surface area contributed by atoms with Crippen LogP contribution >= 0.6 is 0 Å². The summed E-state index contributed by atoms with van der Waals surface area (Å²) in [5, 5.41) is 20.4. The van der Waals surface area contributed by atoms with Crippen LogP contribution in [-0.2, 0) is 0 Å². The van der Waals surface area contributed by atoms with Crippen molar-refractivity contribution in [2.75, 3.05) is 6.61 Å².